The van der Waals surface area contributed by atoms with Gasteiger partial charge in [-0.25, -0.2) is 0 Å². The number of hydrogen-bond donors (Lipinski definition) is 3. The lowest BCUT2D eigenvalue weighted by Crippen LogP contribution is -2.41. The van der Waals surface area contributed by atoms with Gasteiger partial charge in [-0.05, 0) is 37.0 Å². The minimum atomic E-state index is 0.0773. The number of nitrogens with zero attached hydrogens (tertiary/aromatic N) is 1. The Labute approximate surface area is 166 Å². The summed E-state index contributed by atoms with van der Waals surface area (Å²) in [7, 11) is 0. The number of nitrogens with one attached hydrogen (secondary N) is 3. The topological polar surface area (TPSA) is 65.5 Å². The minimum absolute atomic E-state index is 0.0773. The standard InChI is InChI=1S/C23H28N4O/c1-2-24-22(26-16-23(12-13-23)18-8-4-3-5-9-18)25-15-17-14-21(28)27-20-11-7-6-10-19(17)20/h3-11,17H,2,12-16H2,1H3,(H,27,28)(H2,24,25,26). The van der Waals surface area contributed by atoms with E-state index in [0.29, 0.717) is 13.0 Å². The summed E-state index contributed by atoms with van der Waals surface area (Å²) in [6, 6.07) is 18.7. The van der Waals surface area contributed by atoms with Gasteiger partial charge in [0, 0.05) is 36.5 Å². The molecule has 28 heavy (non-hydrogen) atoms. The second-order valence-corrected chi connectivity index (χ2v) is 7.76. The normalized spacial score (nSPS) is 20.1. The van der Waals surface area contributed by atoms with Crippen LogP contribution in [0.25, 0.3) is 0 Å². The molecule has 1 atom stereocenters. The molecule has 5 heteroatoms. The highest BCUT2D eigenvalue weighted by Crippen LogP contribution is 2.48. The lowest BCUT2D eigenvalue weighted by Gasteiger charge is -2.26. The third-order valence-electron chi connectivity index (χ3n) is 5.75. The van der Waals surface area contributed by atoms with Crippen molar-refractivity contribution in [2.45, 2.75) is 37.5 Å². The van der Waals surface area contributed by atoms with E-state index in [2.05, 4.69) is 59.3 Å². The Morgan fingerprint density at radius 3 is 2.61 bits per heavy atom. The maximum absolute atomic E-state index is 12.0. The molecule has 0 bridgehead atoms. The van der Waals surface area contributed by atoms with Crippen LogP contribution in [-0.4, -0.2) is 31.5 Å². The molecule has 2 aliphatic rings. The number of anilines is 1. The third-order valence-corrected chi connectivity index (χ3v) is 5.75. The van der Waals surface area contributed by atoms with Crippen LogP contribution in [0.2, 0.25) is 0 Å². The predicted molar refractivity (Wildman–Crippen MR) is 114 cm³/mol. The summed E-state index contributed by atoms with van der Waals surface area (Å²) in [6.45, 7) is 4.36. The number of fused-ring (bicyclic) bond motifs is 1. The molecule has 0 aromatic heterocycles. The van der Waals surface area contributed by atoms with Gasteiger partial charge in [-0.15, -0.1) is 0 Å². The minimum Gasteiger partial charge on any atom is -0.357 e. The molecule has 146 valence electrons. The Bertz CT molecular complexity index is 858. The van der Waals surface area contributed by atoms with Crippen LogP contribution in [0.1, 0.15) is 43.2 Å². The molecule has 2 aromatic rings. The maximum atomic E-state index is 12.0. The summed E-state index contributed by atoms with van der Waals surface area (Å²) in [4.78, 5) is 16.9. The van der Waals surface area contributed by atoms with Gasteiger partial charge in [-0.1, -0.05) is 48.5 Å². The molecule has 2 aromatic carbocycles. The largest absolute Gasteiger partial charge is 0.357 e. The van der Waals surface area contributed by atoms with E-state index in [1.807, 2.05) is 18.2 Å². The highest BCUT2D eigenvalue weighted by Gasteiger charge is 2.44. The second-order valence-electron chi connectivity index (χ2n) is 7.76. The van der Waals surface area contributed by atoms with Crippen LogP contribution in [0.4, 0.5) is 5.69 Å². The van der Waals surface area contributed by atoms with Crippen molar-refractivity contribution in [3.63, 3.8) is 0 Å². The molecule has 1 heterocycles. The number of para-hydroxylation sites is 1. The van der Waals surface area contributed by atoms with Gasteiger partial charge in [0.25, 0.3) is 0 Å². The van der Waals surface area contributed by atoms with Crippen molar-refractivity contribution in [1.82, 2.24) is 10.6 Å². The quantitative estimate of drug-likeness (QED) is 0.535. The van der Waals surface area contributed by atoms with Crippen LogP contribution >= 0.6 is 0 Å². The van der Waals surface area contributed by atoms with Crippen LogP contribution in [0.3, 0.4) is 0 Å². The fourth-order valence-corrected chi connectivity index (χ4v) is 3.96. The molecule has 1 amide bonds. The maximum Gasteiger partial charge on any atom is 0.225 e. The van der Waals surface area contributed by atoms with Crippen molar-refractivity contribution in [2.24, 2.45) is 4.99 Å². The lowest BCUT2D eigenvalue weighted by atomic mass is 9.90. The van der Waals surface area contributed by atoms with E-state index in [1.54, 1.807) is 0 Å². The van der Waals surface area contributed by atoms with Crippen molar-refractivity contribution in [2.75, 3.05) is 25.0 Å². The average Bonchev–Trinajstić information content (AvgIpc) is 3.51. The number of rotatable bonds is 6. The number of guanidine groups is 1. The predicted octanol–water partition coefficient (Wildman–Crippen LogP) is 3.40. The number of amides is 1. The molecule has 0 spiro atoms. The molecule has 3 N–H and O–H groups in total. The summed E-state index contributed by atoms with van der Waals surface area (Å²) < 4.78 is 0. The van der Waals surface area contributed by atoms with Crippen molar-refractivity contribution in [3.8, 4) is 0 Å². The zero-order valence-corrected chi connectivity index (χ0v) is 16.4. The molecule has 1 saturated carbocycles. The highest BCUT2D eigenvalue weighted by atomic mass is 16.1. The van der Waals surface area contributed by atoms with Crippen LogP contribution in [0, 0.1) is 0 Å². The van der Waals surface area contributed by atoms with Crippen molar-refractivity contribution in [3.05, 3.63) is 65.7 Å². The first-order chi connectivity index (χ1) is 13.7. The van der Waals surface area contributed by atoms with E-state index in [9.17, 15) is 4.79 Å². The molecule has 1 fully saturated rings. The fourth-order valence-electron chi connectivity index (χ4n) is 3.96. The Balaban J connectivity index is 1.43. The summed E-state index contributed by atoms with van der Waals surface area (Å²) in [5.41, 5.74) is 3.69. The second kappa shape index (κ2) is 8.05. The van der Waals surface area contributed by atoms with Gasteiger partial charge in [0.05, 0.1) is 6.54 Å². The first-order valence-corrected chi connectivity index (χ1v) is 10.2. The Kier molecular flexibility index (Phi) is 5.33. The summed E-state index contributed by atoms with van der Waals surface area (Å²) >= 11 is 0. The third kappa shape index (κ3) is 4.03. The van der Waals surface area contributed by atoms with E-state index >= 15 is 0 Å². The van der Waals surface area contributed by atoms with Crippen LogP contribution in [-0.2, 0) is 10.2 Å². The van der Waals surface area contributed by atoms with Crippen molar-refractivity contribution in [1.29, 1.82) is 0 Å². The zero-order valence-electron chi connectivity index (χ0n) is 16.4. The molecular formula is C23H28N4O. The smallest absolute Gasteiger partial charge is 0.225 e. The van der Waals surface area contributed by atoms with E-state index in [4.69, 9.17) is 4.99 Å². The van der Waals surface area contributed by atoms with E-state index in [1.165, 1.54) is 24.0 Å². The monoisotopic (exact) mass is 376 g/mol. The van der Waals surface area contributed by atoms with Crippen LogP contribution < -0.4 is 16.0 Å². The first kappa shape index (κ1) is 18.5. The Hall–Kier alpha value is -2.82. The van der Waals surface area contributed by atoms with Gasteiger partial charge in [0.2, 0.25) is 5.91 Å². The molecular weight excluding hydrogens is 348 g/mol. The van der Waals surface area contributed by atoms with E-state index in [-0.39, 0.29) is 17.2 Å². The lowest BCUT2D eigenvalue weighted by molar-refractivity contribution is -0.116. The molecule has 5 nitrogen and oxygen atoms in total. The zero-order chi connectivity index (χ0) is 19.4. The van der Waals surface area contributed by atoms with Crippen LogP contribution in [0.5, 0.6) is 0 Å². The van der Waals surface area contributed by atoms with Crippen molar-refractivity contribution < 1.29 is 4.79 Å². The highest BCUT2D eigenvalue weighted by molar-refractivity contribution is 5.94. The first-order valence-electron chi connectivity index (χ1n) is 10.2. The number of benzene rings is 2. The molecule has 0 radical (unpaired) electrons. The number of carbonyl (C=O) groups excluding carboxylic acids is 1. The molecule has 1 aliphatic heterocycles. The van der Waals surface area contributed by atoms with Crippen molar-refractivity contribution >= 4 is 17.6 Å². The Morgan fingerprint density at radius 1 is 1.11 bits per heavy atom. The number of aliphatic imine (C=N–C) groups is 1. The van der Waals surface area contributed by atoms with E-state index in [0.717, 1.165) is 24.7 Å². The molecule has 1 unspecified atom stereocenters. The van der Waals surface area contributed by atoms with Gasteiger partial charge in [0.15, 0.2) is 5.96 Å². The average molecular weight is 377 g/mol. The SMILES string of the molecule is CCNC(=NCC1(c2ccccc2)CC1)NCC1CC(=O)Nc2ccccc21. The molecule has 4 rings (SSSR count). The van der Waals surface area contributed by atoms with Gasteiger partial charge >= 0.3 is 0 Å². The summed E-state index contributed by atoms with van der Waals surface area (Å²) in [5.74, 6) is 1.06. The number of carbonyl (C=O) groups is 1. The summed E-state index contributed by atoms with van der Waals surface area (Å²) in [5, 5.41) is 9.77. The van der Waals surface area contributed by atoms with Gasteiger partial charge in [-0.3, -0.25) is 9.79 Å². The van der Waals surface area contributed by atoms with Gasteiger partial charge in [0.1, 0.15) is 0 Å². The fraction of sp³-hybridized carbons (Fsp3) is 0.391. The van der Waals surface area contributed by atoms with Gasteiger partial charge < -0.3 is 16.0 Å². The molecule has 0 saturated heterocycles. The summed E-state index contributed by atoms with van der Waals surface area (Å²) in [6.07, 6.45) is 2.88. The Morgan fingerprint density at radius 2 is 1.86 bits per heavy atom. The molecule has 1 aliphatic carbocycles. The van der Waals surface area contributed by atoms with Crippen LogP contribution in [0.15, 0.2) is 59.6 Å². The van der Waals surface area contributed by atoms with E-state index < -0.39 is 0 Å². The van der Waals surface area contributed by atoms with Gasteiger partial charge in [-0.2, -0.15) is 0 Å². The number of hydrogen-bond acceptors (Lipinski definition) is 2.